The zero-order valence-corrected chi connectivity index (χ0v) is 11.4. The summed E-state index contributed by atoms with van der Waals surface area (Å²) in [5.74, 6) is -0.728. The number of anilines is 1. The molecule has 18 heavy (non-hydrogen) atoms. The van der Waals surface area contributed by atoms with Gasteiger partial charge in [0.05, 0.1) is 16.3 Å². The standard InChI is InChI=1S/C13H16ClNO3/c1-13(2,3)11(16)7-18-12(17)8-4-5-9(14)10(15)6-8/h4-6H,7,15H2,1-3H3. The monoisotopic (exact) mass is 269 g/mol. The van der Waals surface area contributed by atoms with Crippen LogP contribution in [0.4, 0.5) is 5.69 Å². The van der Waals surface area contributed by atoms with Crippen LogP contribution in [-0.4, -0.2) is 18.4 Å². The Hall–Kier alpha value is -1.55. The van der Waals surface area contributed by atoms with Gasteiger partial charge in [-0.15, -0.1) is 0 Å². The highest BCUT2D eigenvalue weighted by molar-refractivity contribution is 6.33. The maximum atomic E-state index is 11.7. The Morgan fingerprint density at radius 3 is 2.44 bits per heavy atom. The van der Waals surface area contributed by atoms with Gasteiger partial charge in [-0.3, -0.25) is 4.79 Å². The Labute approximate surface area is 111 Å². The third kappa shape index (κ3) is 3.74. The fraction of sp³-hybridized carbons (Fsp3) is 0.385. The van der Waals surface area contributed by atoms with Gasteiger partial charge in [0.15, 0.2) is 12.4 Å². The molecule has 0 aliphatic carbocycles. The summed E-state index contributed by atoms with van der Waals surface area (Å²) in [6, 6.07) is 4.44. The molecule has 0 atom stereocenters. The highest BCUT2D eigenvalue weighted by Crippen LogP contribution is 2.20. The van der Waals surface area contributed by atoms with Crippen molar-refractivity contribution in [1.82, 2.24) is 0 Å². The van der Waals surface area contributed by atoms with Crippen molar-refractivity contribution in [3.05, 3.63) is 28.8 Å². The molecule has 0 saturated carbocycles. The van der Waals surface area contributed by atoms with Gasteiger partial charge in [-0.1, -0.05) is 32.4 Å². The second kappa shape index (κ2) is 5.40. The zero-order valence-electron chi connectivity index (χ0n) is 10.6. The SMILES string of the molecule is CC(C)(C)C(=O)COC(=O)c1ccc(Cl)c(N)c1. The van der Waals surface area contributed by atoms with Crippen molar-refractivity contribution in [2.24, 2.45) is 5.41 Å². The van der Waals surface area contributed by atoms with E-state index in [1.54, 1.807) is 20.8 Å². The molecule has 0 fully saturated rings. The summed E-state index contributed by atoms with van der Waals surface area (Å²) in [4.78, 5) is 23.3. The predicted molar refractivity (Wildman–Crippen MR) is 70.6 cm³/mol. The van der Waals surface area contributed by atoms with E-state index in [-0.39, 0.29) is 18.0 Å². The smallest absolute Gasteiger partial charge is 0.338 e. The Morgan fingerprint density at radius 2 is 1.94 bits per heavy atom. The normalized spacial score (nSPS) is 11.1. The van der Waals surface area contributed by atoms with Gasteiger partial charge < -0.3 is 10.5 Å². The number of esters is 1. The number of benzene rings is 1. The van der Waals surface area contributed by atoms with Crippen LogP contribution in [0.1, 0.15) is 31.1 Å². The number of ketones is 1. The van der Waals surface area contributed by atoms with E-state index in [1.165, 1.54) is 18.2 Å². The highest BCUT2D eigenvalue weighted by atomic mass is 35.5. The van der Waals surface area contributed by atoms with Crippen molar-refractivity contribution < 1.29 is 14.3 Å². The first kappa shape index (κ1) is 14.5. The molecule has 0 unspecified atom stereocenters. The Balaban J connectivity index is 2.66. The van der Waals surface area contributed by atoms with Gasteiger partial charge in [0.1, 0.15) is 0 Å². The predicted octanol–water partition coefficient (Wildman–Crippen LogP) is 2.69. The van der Waals surface area contributed by atoms with Crippen LogP contribution in [0.3, 0.4) is 0 Å². The van der Waals surface area contributed by atoms with Crippen LogP contribution in [0.25, 0.3) is 0 Å². The summed E-state index contributed by atoms with van der Waals surface area (Å²) in [5.41, 5.74) is 5.62. The fourth-order valence-electron chi connectivity index (χ4n) is 1.10. The van der Waals surface area contributed by atoms with Crippen molar-refractivity contribution in [2.45, 2.75) is 20.8 Å². The molecule has 0 saturated heterocycles. The molecule has 0 radical (unpaired) electrons. The van der Waals surface area contributed by atoms with Gasteiger partial charge >= 0.3 is 5.97 Å². The van der Waals surface area contributed by atoms with E-state index in [0.29, 0.717) is 10.7 Å². The van der Waals surface area contributed by atoms with Gasteiger partial charge in [-0.25, -0.2) is 4.79 Å². The lowest BCUT2D eigenvalue weighted by Crippen LogP contribution is -2.26. The molecule has 0 aliphatic heterocycles. The number of nitrogens with two attached hydrogens (primary N) is 1. The van der Waals surface area contributed by atoms with Crippen molar-refractivity contribution in [3.8, 4) is 0 Å². The first-order chi connectivity index (χ1) is 8.21. The largest absolute Gasteiger partial charge is 0.454 e. The average Bonchev–Trinajstić information content (AvgIpc) is 2.27. The lowest BCUT2D eigenvalue weighted by atomic mass is 9.91. The molecule has 98 valence electrons. The van der Waals surface area contributed by atoms with E-state index in [0.717, 1.165) is 0 Å². The summed E-state index contributed by atoms with van der Waals surface area (Å²) in [7, 11) is 0. The lowest BCUT2D eigenvalue weighted by molar-refractivity contribution is -0.129. The number of carbonyl (C=O) groups is 2. The molecule has 4 nitrogen and oxygen atoms in total. The maximum absolute atomic E-state index is 11.7. The van der Waals surface area contributed by atoms with Crippen LogP contribution >= 0.6 is 11.6 Å². The van der Waals surface area contributed by atoms with Crippen LogP contribution in [-0.2, 0) is 9.53 Å². The van der Waals surface area contributed by atoms with Crippen molar-refractivity contribution in [2.75, 3.05) is 12.3 Å². The third-order valence-corrected chi connectivity index (χ3v) is 2.75. The third-order valence-electron chi connectivity index (χ3n) is 2.40. The summed E-state index contributed by atoms with van der Waals surface area (Å²) < 4.78 is 4.92. The highest BCUT2D eigenvalue weighted by Gasteiger charge is 2.22. The molecule has 0 bridgehead atoms. The van der Waals surface area contributed by atoms with E-state index in [2.05, 4.69) is 0 Å². The lowest BCUT2D eigenvalue weighted by Gasteiger charge is -2.16. The van der Waals surface area contributed by atoms with Gasteiger partial charge in [-0.2, -0.15) is 0 Å². The molecule has 0 aromatic heterocycles. The Kier molecular flexibility index (Phi) is 4.35. The number of halogens is 1. The molecule has 1 aromatic rings. The molecule has 5 heteroatoms. The number of nitrogen functional groups attached to an aromatic ring is 1. The minimum absolute atomic E-state index is 0.141. The first-order valence-electron chi connectivity index (χ1n) is 5.47. The van der Waals surface area contributed by atoms with Crippen molar-refractivity contribution in [3.63, 3.8) is 0 Å². The van der Waals surface area contributed by atoms with Gasteiger partial charge in [0.25, 0.3) is 0 Å². The first-order valence-corrected chi connectivity index (χ1v) is 5.85. The molecule has 0 heterocycles. The van der Waals surface area contributed by atoms with Crippen LogP contribution in [0, 0.1) is 5.41 Å². The molecule has 1 rings (SSSR count). The number of rotatable bonds is 3. The van der Waals surface area contributed by atoms with E-state index in [4.69, 9.17) is 22.1 Å². The average molecular weight is 270 g/mol. The summed E-state index contributed by atoms with van der Waals surface area (Å²) in [6.07, 6.45) is 0. The second-order valence-corrected chi connectivity index (χ2v) is 5.39. The van der Waals surface area contributed by atoms with E-state index >= 15 is 0 Å². The van der Waals surface area contributed by atoms with Gasteiger partial charge in [-0.05, 0) is 18.2 Å². The van der Waals surface area contributed by atoms with Crippen molar-refractivity contribution >= 4 is 29.0 Å². The van der Waals surface area contributed by atoms with Crippen molar-refractivity contribution in [1.29, 1.82) is 0 Å². The molecule has 0 amide bonds. The zero-order chi connectivity index (χ0) is 13.9. The number of carbonyl (C=O) groups excluding carboxylic acids is 2. The molecule has 0 spiro atoms. The van der Waals surface area contributed by atoms with Crippen LogP contribution in [0.5, 0.6) is 0 Å². The maximum Gasteiger partial charge on any atom is 0.338 e. The minimum Gasteiger partial charge on any atom is -0.454 e. The molecular formula is C13H16ClNO3. The minimum atomic E-state index is -0.587. The Bertz CT molecular complexity index is 478. The number of hydrogen-bond donors (Lipinski definition) is 1. The van der Waals surface area contributed by atoms with Gasteiger partial charge in [0, 0.05) is 5.41 Å². The van der Waals surface area contributed by atoms with Gasteiger partial charge in [0.2, 0.25) is 0 Å². The van der Waals surface area contributed by atoms with Crippen LogP contribution in [0.2, 0.25) is 5.02 Å². The van der Waals surface area contributed by atoms with E-state index in [1.807, 2.05) is 0 Å². The van der Waals surface area contributed by atoms with E-state index < -0.39 is 11.4 Å². The Morgan fingerprint density at radius 1 is 1.33 bits per heavy atom. The van der Waals surface area contributed by atoms with Crippen LogP contribution < -0.4 is 5.73 Å². The fourth-order valence-corrected chi connectivity index (χ4v) is 1.22. The molecule has 0 aliphatic rings. The number of ether oxygens (including phenoxy) is 1. The molecular weight excluding hydrogens is 254 g/mol. The second-order valence-electron chi connectivity index (χ2n) is 4.99. The number of hydrogen-bond acceptors (Lipinski definition) is 4. The van der Waals surface area contributed by atoms with E-state index in [9.17, 15) is 9.59 Å². The molecule has 2 N–H and O–H groups in total. The topological polar surface area (TPSA) is 69.4 Å². The number of Topliss-reactive ketones (excluding diaryl/α,β-unsaturated/α-hetero) is 1. The summed E-state index contributed by atoms with van der Waals surface area (Å²) in [5, 5.41) is 0.373. The van der Waals surface area contributed by atoms with Crippen LogP contribution in [0.15, 0.2) is 18.2 Å². The quantitative estimate of drug-likeness (QED) is 0.677. The summed E-state index contributed by atoms with van der Waals surface area (Å²) in [6.45, 7) is 5.06. The summed E-state index contributed by atoms with van der Waals surface area (Å²) >= 11 is 5.74. The molecule has 1 aromatic carbocycles.